The van der Waals surface area contributed by atoms with E-state index >= 15 is 0 Å². The molecule has 8 heteroatoms. The zero-order chi connectivity index (χ0) is 19.4. The summed E-state index contributed by atoms with van der Waals surface area (Å²) in [5, 5.41) is 9.56. The Kier molecular flexibility index (Phi) is 6.04. The van der Waals surface area contributed by atoms with E-state index in [4.69, 9.17) is 11.6 Å². The van der Waals surface area contributed by atoms with Gasteiger partial charge in [0.15, 0.2) is 0 Å². The summed E-state index contributed by atoms with van der Waals surface area (Å²) >= 11 is 7.28. The first-order valence-electron chi connectivity index (χ1n) is 8.84. The van der Waals surface area contributed by atoms with E-state index in [-0.39, 0.29) is 0 Å². The molecule has 0 spiro atoms. The van der Waals surface area contributed by atoms with Crippen molar-refractivity contribution >= 4 is 49.8 Å². The van der Waals surface area contributed by atoms with E-state index in [9.17, 15) is 0 Å². The molecule has 0 aliphatic heterocycles. The van der Waals surface area contributed by atoms with Crippen LogP contribution in [0.5, 0.6) is 0 Å². The molecule has 0 radical (unpaired) electrons. The van der Waals surface area contributed by atoms with Crippen LogP contribution in [0.3, 0.4) is 0 Å². The molecule has 0 saturated heterocycles. The van der Waals surface area contributed by atoms with Gasteiger partial charge in [0.25, 0.3) is 0 Å². The highest BCUT2D eigenvalue weighted by Gasteiger charge is 2.11. The van der Waals surface area contributed by atoms with Gasteiger partial charge in [-0.1, -0.05) is 22.9 Å². The minimum Gasteiger partial charge on any atom is -0.366 e. The molecule has 0 saturated carbocycles. The van der Waals surface area contributed by atoms with Crippen LogP contribution in [0.4, 0.5) is 16.5 Å². The highest BCUT2D eigenvalue weighted by atomic mass is 35.5. The molecule has 0 aliphatic carbocycles. The van der Waals surface area contributed by atoms with E-state index < -0.39 is 0 Å². The van der Waals surface area contributed by atoms with Gasteiger partial charge in [-0.15, -0.1) is 10.2 Å². The molecule has 0 aliphatic rings. The second kappa shape index (κ2) is 8.29. The standard InChI is InChI=1S/C19H24ClN6S/c1-5-25(12-13-26(2,3)4)15-8-6-14(7-9-15)23-24-19-21-16-10-11-17(20)22-18(16)27-19/h6-11H,5,12-13H2,1-4H3/q+1. The molecular weight excluding hydrogens is 380 g/mol. The first-order chi connectivity index (χ1) is 12.8. The fourth-order valence-corrected chi connectivity index (χ4v) is 3.51. The second-order valence-electron chi connectivity index (χ2n) is 7.26. The second-order valence-corrected chi connectivity index (χ2v) is 8.61. The maximum absolute atomic E-state index is 5.91. The van der Waals surface area contributed by atoms with Crippen LogP contribution in [0.1, 0.15) is 6.92 Å². The number of pyridine rings is 1. The van der Waals surface area contributed by atoms with Crippen LogP contribution in [0, 0.1) is 0 Å². The highest BCUT2D eigenvalue weighted by molar-refractivity contribution is 7.21. The third-order valence-electron chi connectivity index (χ3n) is 4.10. The Morgan fingerprint density at radius 2 is 1.78 bits per heavy atom. The highest BCUT2D eigenvalue weighted by Crippen LogP contribution is 2.29. The lowest BCUT2D eigenvalue weighted by Crippen LogP contribution is -2.42. The van der Waals surface area contributed by atoms with Crippen LogP contribution in [0.2, 0.25) is 5.15 Å². The number of aromatic nitrogens is 2. The molecule has 2 aromatic heterocycles. The van der Waals surface area contributed by atoms with E-state index in [0.29, 0.717) is 10.3 Å². The maximum Gasteiger partial charge on any atom is 0.232 e. The molecule has 1 aromatic carbocycles. The number of likely N-dealkylation sites (N-methyl/N-ethyl adjacent to an activating group) is 2. The molecule has 6 nitrogen and oxygen atoms in total. The van der Waals surface area contributed by atoms with Gasteiger partial charge in [-0.2, -0.15) is 0 Å². The lowest BCUT2D eigenvalue weighted by atomic mass is 10.2. The molecule has 0 unspecified atom stereocenters. The third-order valence-corrected chi connectivity index (χ3v) is 5.16. The normalized spacial score (nSPS) is 12.2. The van der Waals surface area contributed by atoms with Crippen molar-refractivity contribution in [2.45, 2.75) is 6.92 Å². The zero-order valence-electron chi connectivity index (χ0n) is 16.1. The Balaban J connectivity index is 1.69. The molecule has 27 heavy (non-hydrogen) atoms. The van der Waals surface area contributed by atoms with Crippen molar-refractivity contribution in [3.05, 3.63) is 41.6 Å². The summed E-state index contributed by atoms with van der Waals surface area (Å²) in [5.74, 6) is 0. The number of nitrogens with zero attached hydrogens (tertiary/aromatic N) is 6. The molecule has 3 rings (SSSR count). The Labute approximate surface area is 168 Å². The fraction of sp³-hybridized carbons (Fsp3) is 0.368. The predicted molar refractivity (Wildman–Crippen MR) is 114 cm³/mol. The lowest BCUT2D eigenvalue weighted by Gasteiger charge is -2.29. The summed E-state index contributed by atoms with van der Waals surface area (Å²) in [6.45, 7) is 5.26. The Bertz CT molecular complexity index is 930. The largest absolute Gasteiger partial charge is 0.366 e. The summed E-state index contributed by atoms with van der Waals surface area (Å²) in [7, 11) is 6.63. The predicted octanol–water partition coefficient (Wildman–Crippen LogP) is 5.29. The van der Waals surface area contributed by atoms with E-state index in [1.807, 2.05) is 18.2 Å². The summed E-state index contributed by atoms with van der Waals surface area (Å²) in [4.78, 5) is 11.8. The first-order valence-corrected chi connectivity index (χ1v) is 10.0. The number of quaternary nitrogens is 1. The van der Waals surface area contributed by atoms with Gasteiger partial charge >= 0.3 is 0 Å². The van der Waals surface area contributed by atoms with Gasteiger partial charge in [-0.05, 0) is 43.3 Å². The molecule has 0 fully saturated rings. The monoisotopic (exact) mass is 403 g/mol. The number of thiazole rings is 1. The van der Waals surface area contributed by atoms with Gasteiger partial charge in [0.1, 0.15) is 15.5 Å². The van der Waals surface area contributed by atoms with Gasteiger partial charge in [0.2, 0.25) is 5.13 Å². The first kappa shape index (κ1) is 19.7. The third kappa shape index (κ3) is 5.45. The average molecular weight is 404 g/mol. The fourth-order valence-electron chi connectivity index (χ4n) is 2.55. The number of azo groups is 1. The van der Waals surface area contributed by atoms with Gasteiger partial charge in [-0.3, -0.25) is 0 Å². The van der Waals surface area contributed by atoms with Crippen molar-refractivity contribution in [3.63, 3.8) is 0 Å². The quantitative estimate of drug-likeness (QED) is 0.306. The van der Waals surface area contributed by atoms with E-state index in [1.165, 1.54) is 17.0 Å². The van der Waals surface area contributed by atoms with Gasteiger partial charge in [0, 0.05) is 12.2 Å². The van der Waals surface area contributed by atoms with E-state index in [2.05, 4.69) is 65.3 Å². The molecular formula is C19H24ClN6S+. The van der Waals surface area contributed by atoms with Crippen LogP contribution < -0.4 is 4.90 Å². The average Bonchev–Trinajstić information content (AvgIpc) is 3.02. The van der Waals surface area contributed by atoms with Crippen molar-refractivity contribution < 1.29 is 4.48 Å². The van der Waals surface area contributed by atoms with Gasteiger partial charge in [0.05, 0.1) is 39.9 Å². The summed E-state index contributed by atoms with van der Waals surface area (Å²) in [5.41, 5.74) is 2.78. The number of fused-ring (bicyclic) bond motifs is 1. The molecule has 0 amide bonds. The molecule has 0 atom stereocenters. The summed E-state index contributed by atoms with van der Waals surface area (Å²) in [6, 6.07) is 11.7. The molecule has 2 heterocycles. The molecule has 0 bridgehead atoms. The van der Waals surface area contributed by atoms with Crippen LogP contribution in [0.15, 0.2) is 46.6 Å². The SMILES string of the molecule is CCN(CC[N+](C)(C)C)c1ccc(N=Nc2nc3ccc(Cl)nc3s2)cc1. The van der Waals surface area contributed by atoms with Crippen LogP contribution in [0.25, 0.3) is 10.3 Å². The molecule has 3 aromatic rings. The summed E-state index contributed by atoms with van der Waals surface area (Å²) < 4.78 is 0.949. The molecule has 0 N–H and O–H groups in total. The molecule has 142 valence electrons. The number of benzene rings is 1. The van der Waals surface area contributed by atoms with Gasteiger partial charge < -0.3 is 9.38 Å². The van der Waals surface area contributed by atoms with E-state index in [0.717, 1.165) is 40.2 Å². The topological polar surface area (TPSA) is 53.7 Å². The maximum atomic E-state index is 5.91. The van der Waals surface area contributed by atoms with Crippen LogP contribution >= 0.6 is 22.9 Å². The minimum atomic E-state index is 0.455. The number of hydrogen-bond donors (Lipinski definition) is 0. The Hall–Kier alpha value is -2.09. The summed E-state index contributed by atoms with van der Waals surface area (Å²) in [6.07, 6.45) is 0. The van der Waals surface area contributed by atoms with Crippen molar-refractivity contribution in [1.82, 2.24) is 9.97 Å². The number of halogens is 1. The Morgan fingerprint density at radius 1 is 1.04 bits per heavy atom. The van der Waals surface area contributed by atoms with Crippen molar-refractivity contribution in [2.75, 3.05) is 45.7 Å². The number of rotatable bonds is 7. The van der Waals surface area contributed by atoms with E-state index in [1.54, 1.807) is 6.07 Å². The van der Waals surface area contributed by atoms with Gasteiger partial charge in [-0.25, -0.2) is 9.97 Å². The zero-order valence-corrected chi connectivity index (χ0v) is 17.6. The van der Waals surface area contributed by atoms with Crippen LogP contribution in [-0.4, -0.2) is 55.2 Å². The van der Waals surface area contributed by atoms with Crippen molar-refractivity contribution in [2.24, 2.45) is 10.2 Å². The van der Waals surface area contributed by atoms with Crippen molar-refractivity contribution in [1.29, 1.82) is 0 Å². The number of anilines is 1. The number of hydrogen-bond acceptors (Lipinski definition) is 6. The Morgan fingerprint density at radius 3 is 2.44 bits per heavy atom. The smallest absolute Gasteiger partial charge is 0.232 e. The van der Waals surface area contributed by atoms with Crippen LogP contribution in [-0.2, 0) is 0 Å². The lowest BCUT2D eigenvalue weighted by molar-refractivity contribution is -0.868. The minimum absolute atomic E-state index is 0.455. The van der Waals surface area contributed by atoms with Crippen molar-refractivity contribution in [3.8, 4) is 0 Å².